The van der Waals surface area contributed by atoms with Crippen LogP contribution in [0, 0.1) is 18.2 Å². The number of para-hydroxylation sites is 1. The third-order valence-corrected chi connectivity index (χ3v) is 5.32. The van der Waals surface area contributed by atoms with Gasteiger partial charge in [0.2, 0.25) is 5.91 Å². The second-order valence-electron chi connectivity index (χ2n) is 6.11. The average Bonchev–Trinajstić information content (AvgIpc) is 3.11. The molecule has 5 nitrogen and oxygen atoms in total. The van der Waals surface area contributed by atoms with Crippen LogP contribution in [0.5, 0.6) is 5.75 Å². The second-order valence-corrected chi connectivity index (χ2v) is 7.16. The van der Waals surface area contributed by atoms with Gasteiger partial charge in [-0.1, -0.05) is 30.2 Å². The summed E-state index contributed by atoms with van der Waals surface area (Å²) in [6, 6.07) is 13.8. The molecule has 0 aliphatic rings. The van der Waals surface area contributed by atoms with Gasteiger partial charge in [0.25, 0.3) is 5.91 Å². The summed E-state index contributed by atoms with van der Waals surface area (Å²) in [6.45, 7) is 0.338. The fraction of sp³-hybridized carbons (Fsp3) is 0.182. The monoisotopic (exact) mass is 410 g/mol. The van der Waals surface area contributed by atoms with Gasteiger partial charge < -0.3 is 15.4 Å². The van der Waals surface area contributed by atoms with Crippen LogP contribution in [0.2, 0.25) is 0 Å². The zero-order valence-corrected chi connectivity index (χ0v) is 16.4. The molecule has 1 heterocycles. The largest absolute Gasteiger partial charge is 0.489 e. The van der Waals surface area contributed by atoms with Crippen molar-refractivity contribution in [2.75, 3.05) is 13.1 Å². The third kappa shape index (κ3) is 5.12. The number of halogens is 1. The molecule has 3 rings (SSSR count). The molecule has 2 N–H and O–H groups in total. The van der Waals surface area contributed by atoms with E-state index < -0.39 is 5.82 Å². The molecule has 7 heteroatoms. The van der Waals surface area contributed by atoms with Crippen molar-refractivity contribution < 1.29 is 18.7 Å². The van der Waals surface area contributed by atoms with E-state index in [1.54, 1.807) is 24.3 Å². The first-order valence-corrected chi connectivity index (χ1v) is 9.78. The van der Waals surface area contributed by atoms with Crippen molar-refractivity contribution in [1.82, 2.24) is 10.6 Å². The van der Waals surface area contributed by atoms with Crippen molar-refractivity contribution in [2.24, 2.45) is 0 Å². The highest BCUT2D eigenvalue weighted by Gasteiger charge is 2.21. The minimum absolute atomic E-state index is 0.0519. The van der Waals surface area contributed by atoms with Gasteiger partial charge in [-0.2, -0.15) is 0 Å². The van der Waals surface area contributed by atoms with Crippen LogP contribution in [0.15, 0.2) is 48.5 Å². The normalized spacial score (nSPS) is 10.3. The summed E-state index contributed by atoms with van der Waals surface area (Å²) >= 11 is 1.19. The minimum atomic E-state index is -0.405. The Morgan fingerprint density at radius 1 is 1.10 bits per heavy atom. The molecule has 3 aromatic rings. The highest BCUT2D eigenvalue weighted by Crippen LogP contribution is 2.34. The van der Waals surface area contributed by atoms with Crippen molar-refractivity contribution in [3.8, 4) is 18.1 Å². The van der Waals surface area contributed by atoms with Gasteiger partial charge in [0.05, 0.1) is 11.4 Å². The van der Waals surface area contributed by atoms with Gasteiger partial charge in [0, 0.05) is 28.6 Å². The molecule has 0 saturated heterocycles. The van der Waals surface area contributed by atoms with E-state index in [9.17, 15) is 14.0 Å². The number of ether oxygens (including phenoxy) is 1. The molecule has 148 valence electrons. The van der Waals surface area contributed by atoms with E-state index in [4.69, 9.17) is 11.2 Å². The number of terminal acetylenes is 1. The number of benzene rings is 2. The SMILES string of the molecule is C#CCNC(=O)CCNC(=O)c1sc2cccc(F)c2c1COc1ccccc1. The molecular formula is C22H19FN2O3S. The number of amides is 2. The highest BCUT2D eigenvalue weighted by atomic mass is 32.1. The molecule has 0 bridgehead atoms. The molecule has 1 aromatic heterocycles. The lowest BCUT2D eigenvalue weighted by Gasteiger charge is -2.09. The maximum absolute atomic E-state index is 14.5. The van der Waals surface area contributed by atoms with E-state index in [1.165, 1.54) is 17.4 Å². The second kappa shape index (κ2) is 9.71. The Morgan fingerprint density at radius 3 is 2.66 bits per heavy atom. The van der Waals surface area contributed by atoms with E-state index in [2.05, 4.69) is 16.6 Å². The van der Waals surface area contributed by atoms with Gasteiger partial charge in [0.15, 0.2) is 0 Å². The number of fused-ring (bicyclic) bond motifs is 1. The lowest BCUT2D eigenvalue weighted by Crippen LogP contribution is -2.31. The Hall–Kier alpha value is -3.37. The van der Waals surface area contributed by atoms with Gasteiger partial charge in [-0.25, -0.2) is 4.39 Å². The van der Waals surface area contributed by atoms with Crippen molar-refractivity contribution in [3.63, 3.8) is 0 Å². The first-order valence-electron chi connectivity index (χ1n) is 8.96. The van der Waals surface area contributed by atoms with Crippen LogP contribution in [-0.4, -0.2) is 24.9 Å². The fourth-order valence-electron chi connectivity index (χ4n) is 2.77. The Bertz CT molecular complexity index is 1060. The number of thiophene rings is 1. The minimum Gasteiger partial charge on any atom is -0.489 e. The van der Waals surface area contributed by atoms with E-state index in [-0.39, 0.29) is 37.9 Å². The maximum atomic E-state index is 14.5. The van der Waals surface area contributed by atoms with Crippen LogP contribution in [0.1, 0.15) is 21.7 Å². The molecule has 0 radical (unpaired) electrons. The molecule has 2 amide bonds. The van der Waals surface area contributed by atoms with Crippen LogP contribution in [0.25, 0.3) is 10.1 Å². The molecule has 0 fully saturated rings. The molecular weight excluding hydrogens is 391 g/mol. The molecule has 0 unspecified atom stereocenters. The van der Waals surface area contributed by atoms with Crippen LogP contribution >= 0.6 is 11.3 Å². The quantitative estimate of drug-likeness (QED) is 0.559. The molecule has 0 spiro atoms. The molecule has 2 aromatic carbocycles. The number of rotatable bonds is 8. The van der Waals surface area contributed by atoms with Crippen LogP contribution in [0.4, 0.5) is 4.39 Å². The van der Waals surface area contributed by atoms with Crippen molar-refractivity contribution >= 4 is 33.2 Å². The Kier molecular flexibility index (Phi) is 6.82. The first-order chi connectivity index (χ1) is 14.1. The maximum Gasteiger partial charge on any atom is 0.261 e. The van der Waals surface area contributed by atoms with Gasteiger partial charge in [-0.15, -0.1) is 17.8 Å². The van der Waals surface area contributed by atoms with Gasteiger partial charge >= 0.3 is 0 Å². The topological polar surface area (TPSA) is 67.4 Å². The molecule has 29 heavy (non-hydrogen) atoms. The summed E-state index contributed by atoms with van der Waals surface area (Å²) in [5.41, 5.74) is 0.487. The van der Waals surface area contributed by atoms with Crippen molar-refractivity contribution in [2.45, 2.75) is 13.0 Å². The van der Waals surface area contributed by atoms with Crippen molar-refractivity contribution in [1.29, 1.82) is 0 Å². The van der Waals surface area contributed by atoms with E-state index >= 15 is 0 Å². The molecule has 0 saturated carbocycles. The first kappa shape index (κ1) is 20.4. The predicted molar refractivity (Wildman–Crippen MR) is 111 cm³/mol. The summed E-state index contributed by atoms with van der Waals surface area (Å²) in [5, 5.41) is 5.62. The molecule has 0 aliphatic heterocycles. The van der Waals surface area contributed by atoms with Crippen molar-refractivity contribution in [3.05, 3.63) is 64.8 Å². The summed E-state index contributed by atoms with van der Waals surface area (Å²) in [6.07, 6.45) is 5.19. The summed E-state index contributed by atoms with van der Waals surface area (Å²) in [4.78, 5) is 24.7. The highest BCUT2D eigenvalue weighted by molar-refractivity contribution is 7.21. The predicted octanol–water partition coefficient (Wildman–Crippen LogP) is 3.49. The summed E-state index contributed by atoms with van der Waals surface area (Å²) in [7, 11) is 0. The number of nitrogens with one attached hydrogen (secondary N) is 2. The van der Waals surface area contributed by atoms with E-state index in [0.717, 1.165) is 0 Å². The standard InChI is InChI=1S/C22H19FN2O3S/c1-2-12-24-19(26)11-13-25-22(27)21-16(14-28-15-7-4-3-5-8-15)20-17(23)9-6-10-18(20)29-21/h1,3-10H,11-14H2,(H,24,26)(H,25,27). The fourth-order valence-corrected chi connectivity index (χ4v) is 3.91. The van der Waals surface area contributed by atoms with Gasteiger partial charge in [-0.05, 0) is 24.3 Å². The molecule has 0 aliphatic carbocycles. The number of carbonyl (C=O) groups excluding carboxylic acids is 2. The Balaban J connectivity index is 1.77. The third-order valence-electron chi connectivity index (χ3n) is 4.12. The van der Waals surface area contributed by atoms with Crippen LogP contribution < -0.4 is 15.4 Å². The zero-order valence-electron chi connectivity index (χ0n) is 15.5. The number of hydrogen-bond acceptors (Lipinski definition) is 4. The Labute approximate surface area is 171 Å². The number of carbonyl (C=O) groups is 2. The van der Waals surface area contributed by atoms with E-state index in [1.807, 2.05) is 18.2 Å². The average molecular weight is 410 g/mol. The van der Waals surface area contributed by atoms with E-state index in [0.29, 0.717) is 26.3 Å². The lowest BCUT2D eigenvalue weighted by molar-refractivity contribution is -0.120. The zero-order chi connectivity index (χ0) is 20.6. The summed E-state index contributed by atoms with van der Waals surface area (Å²) in [5.74, 6) is 1.91. The van der Waals surface area contributed by atoms with Gasteiger partial charge in [0.1, 0.15) is 18.2 Å². The summed E-state index contributed by atoms with van der Waals surface area (Å²) < 4.78 is 20.9. The lowest BCUT2D eigenvalue weighted by atomic mass is 10.1. The van der Waals surface area contributed by atoms with Gasteiger partial charge in [-0.3, -0.25) is 9.59 Å². The van der Waals surface area contributed by atoms with Crippen LogP contribution in [0.3, 0.4) is 0 Å². The smallest absolute Gasteiger partial charge is 0.261 e. The molecule has 0 atom stereocenters. The number of hydrogen-bond donors (Lipinski definition) is 2. The Morgan fingerprint density at radius 2 is 1.90 bits per heavy atom. The van der Waals surface area contributed by atoms with Crippen LogP contribution in [-0.2, 0) is 11.4 Å².